The van der Waals surface area contributed by atoms with E-state index in [0.717, 1.165) is 38.5 Å². The highest BCUT2D eigenvalue weighted by Gasteiger charge is 2.45. The zero-order valence-electron chi connectivity index (χ0n) is 20.8. The van der Waals surface area contributed by atoms with Crippen LogP contribution in [-0.2, 0) is 23.8 Å². The maximum Gasteiger partial charge on any atom is 0.308 e. The minimum atomic E-state index is -1.68. The van der Waals surface area contributed by atoms with Gasteiger partial charge in [-0.3, -0.25) is 9.59 Å². The van der Waals surface area contributed by atoms with E-state index < -0.39 is 74.0 Å². The number of hydrogen-bond acceptors (Lipinski definition) is 10. The molecule has 0 aliphatic carbocycles. The first-order valence-corrected chi connectivity index (χ1v) is 12.7. The molecule has 0 amide bonds. The lowest BCUT2D eigenvalue weighted by atomic mass is 9.98. The van der Waals surface area contributed by atoms with Crippen LogP contribution in [0.5, 0.6) is 0 Å². The number of ether oxygens (including phenoxy) is 3. The lowest BCUT2D eigenvalue weighted by Crippen LogP contribution is -2.59. The van der Waals surface area contributed by atoms with E-state index in [1.165, 1.54) is 0 Å². The Kier molecular flexibility index (Phi) is 15.5. The predicted octanol–water partition coefficient (Wildman–Crippen LogP) is 0.860. The second-order valence-electron chi connectivity index (χ2n) is 9.25. The molecule has 8 atom stereocenters. The number of rotatable bonds is 18. The van der Waals surface area contributed by atoms with Gasteiger partial charge in [-0.05, 0) is 19.3 Å². The van der Waals surface area contributed by atoms with Crippen molar-refractivity contribution >= 4 is 11.9 Å². The Balaban J connectivity index is 2.85. The summed E-state index contributed by atoms with van der Waals surface area (Å²) < 4.78 is 16.6. The zero-order valence-corrected chi connectivity index (χ0v) is 20.8. The Morgan fingerprint density at radius 2 is 1.51 bits per heavy atom. The summed E-state index contributed by atoms with van der Waals surface area (Å²) in [5, 5.41) is 59.0. The number of unbranched alkanes of at least 4 members (excludes halogenated alkanes) is 4. The van der Waals surface area contributed by atoms with E-state index in [0.29, 0.717) is 12.8 Å². The first-order valence-electron chi connectivity index (χ1n) is 12.7. The summed E-state index contributed by atoms with van der Waals surface area (Å²) in [5.41, 5.74) is 0. The van der Waals surface area contributed by atoms with Gasteiger partial charge in [0.2, 0.25) is 0 Å². The molecule has 0 saturated carbocycles. The Labute approximate surface area is 207 Å². The van der Waals surface area contributed by atoms with Crippen molar-refractivity contribution in [3.63, 3.8) is 0 Å². The summed E-state index contributed by atoms with van der Waals surface area (Å²) in [4.78, 5) is 23.9. The lowest BCUT2D eigenvalue weighted by molar-refractivity contribution is -0.312. The van der Waals surface area contributed by atoms with Crippen molar-refractivity contribution in [1.82, 2.24) is 0 Å². The fourth-order valence-electron chi connectivity index (χ4n) is 4.05. The maximum atomic E-state index is 12.4. The zero-order chi connectivity index (χ0) is 26.4. The van der Waals surface area contributed by atoms with Gasteiger partial charge in [0.15, 0.2) is 6.29 Å². The van der Waals surface area contributed by atoms with Crippen molar-refractivity contribution in [2.75, 3.05) is 6.61 Å². The molecule has 11 heteroatoms. The highest BCUT2D eigenvalue weighted by Crippen LogP contribution is 2.26. The largest absolute Gasteiger partial charge is 0.481 e. The first kappa shape index (κ1) is 31.7. The van der Waals surface area contributed by atoms with Crippen LogP contribution in [0.3, 0.4) is 0 Å². The van der Waals surface area contributed by atoms with E-state index in [4.69, 9.17) is 14.2 Å². The fourth-order valence-corrected chi connectivity index (χ4v) is 4.05. The third-order valence-electron chi connectivity index (χ3n) is 6.07. The van der Waals surface area contributed by atoms with Crippen LogP contribution in [-0.4, -0.2) is 98.2 Å². The number of esters is 1. The van der Waals surface area contributed by atoms with Gasteiger partial charge >= 0.3 is 11.9 Å². The van der Waals surface area contributed by atoms with Gasteiger partial charge in [-0.25, -0.2) is 0 Å². The molecule has 0 spiro atoms. The highest BCUT2D eigenvalue weighted by atomic mass is 16.7. The number of aliphatic carboxylic acids is 1. The quantitative estimate of drug-likeness (QED) is 0.114. The van der Waals surface area contributed by atoms with Crippen LogP contribution >= 0.6 is 0 Å². The third-order valence-corrected chi connectivity index (χ3v) is 6.07. The SMILES string of the molecule is CCCCCC(O)CC(=O)OC(CCCCC)CC(CC(=O)O)OC1OC(CO)C(O)C(O)C1O. The van der Waals surface area contributed by atoms with Crippen LogP contribution in [0.4, 0.5) is 0 Å². The second kappa shape index (κ2) is 17.2. The molecular formula is C24H44O11. The summed E-state index contributed by atoms with van der Waals surface area (Å²) in [6.07, 6.45) is -4.58. The van der Waals surface area contributed by atoms with Crippen molar-refractivity contribution < 1.29 is 54.4 Å². The average Bonchev–Trinajstić information content (AvgIpc) is 2.79. The molecule has 1 aliphatic heterocycles. The van der Waals surface area contributed by atoms with E-state index in [1.54, 1.807) is 0 Å². The van der Waals surface area contributed by atoms with Crippen LogP contribution in [0.2, 0.25) is 0 Å². The van der Waals surface area contributed by atoms with Crippen LogP contribution in [0, 0.1) is 0 Å². The number of carbonyl (C=O) groups excluding carboxylic acids is 1. The highest BCUT2D eigenvalue weighted by molar-refractivity contribution is 5.70. The molecule has 0 radical (unpaired) electrons. The molecule has 0 aromatic rings. The Morgan fingerprint density at radius 3 is 2.09 bits per heavy atom. The standard InChI is InChI=1S/C24H44O11/c1-3-5-7-9-15(26)11-20(29)33-16(10-8-6-4-2)12-17(13-19(27)28)34-24-23(32)22(31)21(30)18(14-25)35-24/h15-18,21-26,30-32H,3-14H2,1-2H3,(H,27,28). The Hall–Kier alpha value is -1.34. The van der Waals surface area contributed by atoms with Crippen molar-refractivity contribution in [1.29, 1.82) is 0 Å². The molecule has 11 nitrogen and oxygen atoms in total. The minimum absolute atomic E-state index is 0.0112. The molecule has 0 aromatic carbocycles. The first-order chi connectivity index (χ1) is 16.6. The van der Waals surface area contributed by atoms with E-state index in [1.807, 2.05) is 13.8 Å². The van der Waals surface area contributed by atoms with Crippen LogP contribution in [0.1, 0.15) is 84.5 Å². The molecule has 6 N–H and O–H groups in total. The van der Waals surface area contributed by atoms with Gasteiger partial charge in [0.05, 0.1) is 31.7 Å². The number of aliphatic hydroxyl groups is 5. The lowest BCUT2D eigenvalue weighted by Gasteiger charge is -2.41. The van der Waals surface area contributed by atoms with Crippen molar-refractivity contribution in [3.8, 4) is 0 Å². The van der Waals surface area contributed by atoms with Crippen LogP contribution in [0.15, 0.2) is 0 Å². The molecule has 35 heavy (non-hydrogen) atoms. The normalized spacial score (nSPS) is 27.2. The molecule has 0 bridgehead atoms. The number of aliphatic hydroxyl groups excluding tert-OH is 5. The molecule has 8 unspecified atom stereocenters. The molecule has 206 valence electrons. The number of carboxylic acids is 1. The van der Waals surface area contributed by atoms with Gasteiger partial charge in [-0.1, -0.05) is 46.0 Å². The summed E-state index contributed by atoms with van der Waals surface area (Å²) in [6.45, 7) is 3.41. The topological polar surface area (TPSA) is 183 Å². The second-order valence-corrected chi connectivity index (χ2v) is 9.25. The van der Waals surface area contributed by atoms with Crippen LogP contribution in [0.25, 0.3) is 0 Å². The molecule has 1 fully saturated rings. The molecule has 1 rings (SSSR count). The van der Waals surface area contributed by atoms with E-state index in [9.17, 15) is 40.2 Å². The third kappa shape index (κ3) is 12.0. The molecule has 0 aromatic heterocycles. The summed E-state index contributed by atoms with van der Waals surface area (Å²) >= 11 is 0. The predicted molar refractivity (Wildman–Crippen MR) is 124 cm³/mol. The van der Waals surface area contributed by atoms with Crippen LogP contribution < -0.4 is 0 Å². The Morgan fingerprint density at radius 1 is 0.886 bits per heavy atom. The monoisotopic (exact) mass is 508 g/mol. The average molecular weight is 509 g/mol. The molecule has 1 heterocycles. The van der Waals surface area contributed by atoms with Gasteiger partial charge in [-0.15, -0.1) is 0 Å². The van der Waals surface area contributed by atoms with E-state index in [-0.39, 0.29) is 12.8 Å². The fraction of sp³-hybridized carbons (Fsp3) is 0.917. The summed E-state index contributed by atoms with van der Waals surface area (Å²) in [6, 6.07) is 0. The van der Waals surface area contributed by atoms with E-state index >= 15 is 0 Å². The Bertz CT molecular complexity index is 600. The smallest absolute Gasteiger partial charge is 0.308 e. The van der Waals surface area contributed by atoms with Gasteiger partial charge in [0.25, 0.3) is 0 Å². The molecule has 1 aliphatic rings. The van der Waals surface area contributed by atoms with Gasteiger partial charge in [0, 0.05) is 6.42 Å². The number of carboxylic acid groups (broad SMARTS) is 1. The summed E-state index contributed by atoms with van der Waals surface area (Å²) in [5.74, 6) is -1.78. The van der Waals surface area contributed by atoms with Crippen molar-refractivity contribution in [2.45, 2.75) is 133 Å². The minimum Gasteiger partial charge on any atom is -0.481 e. The molecular weight excluding hydrogens is 464 g/mol. The number of hydrogen-bond donors (Lipinski definition) is 6. The maximum absolute atomic E-state index is 12.4. The van der Waals surface area contributed by atoms with Gasteiger partial charge in [-0.2, -0.15) is 0 Å². The van der Waals surface area contributed by atoms with Crippen molar-refractivity contribution in [2.24, 2.45) is 0 Å². The van der Waals surface area contributed by atoms with E-state index in [2.05, 4.69) is 0 Å². The number of carbonyl (C=O) groups is 2. The summed E-state index contributed by atoms with van der Waals surface area (Å²) in [7, 11) is 0. The molecule has 1 saturated heterocycles. The van der Waals surface area contributed by atoms with Gasteiger partial charge in [0.1, 0.15) is 30.5 Å². The van der Waals surface area contributed by atoms with Crippen molar-refractivity contribution in [3.05, 3.63) is 0 Å². The van der Waals surface area contributed by atoms with Gasteiger partial charge < -0.3 is 44.8 Å².